The van der Waals surface area contributed by atoms with Crippen LogP contribution in [0.1, 0.15) is 52.4 Å². The highest BCUT2D eigenvalue weighted by atomic mass is 16.1. The van der Waals surface area contributed by atoms with E-state index in [2.05, 4.69) is 19.2 Å². The summed E-state index contributed by atoms with van der Waals surface area (Å²) in [5.74, 6) is 3.07. The minimum Gasteiger partial charge on any atom is -0.314 e. The molecule has 4 atom stereocenters. The van der Waals surface area contributed by atoms with Crippen LogP contribution in [0.3, 0.4) is 0 Å². The summed E-state index contributed by atoms with van der Waals surface area (Å²) in [6.45, 7) is 5.17. The molecule has 0 aromatic heterocycles. The second kappa shape index (κ2) is 5.31. The molecule has 0 amide bonds. The molecule has 0 aromatic carbocycles. The lowest BCUT2D eigenvalue weighted by Gasteiger charge is -2.21. The molecule has 2 aliphatic carbocycles. The Morgan fingerprint density at radius 2 is 2.19 bits per heavy atom. The van der Waals surface area contributed by atoms with E-state index in [0.29, 0.717) is 11.8 Å². The van der Waals surface area contributed by atoms with Crippen LogP contribution in [-0.4, -0.2) is 18.4 Å². The van der Waals surface area contributed by atoms with Crippen LogP contribution in [0.25, 0.3) is 0 Å². The largest absolute Gasteiger partial charge is 0.314 e. The highest BCUT2D eigenvalue weighted by molar-refractivity contribution is 5.79. The van der Waals surface area contributed by atoms with Crippen molar-refractivity contribution in [3.63, 3.8) is 0 Å². The zero-order valence-electron chi connectivity index (χ0n) is 10.7. The van der Waals surface area contributed by atoms with Crippen LogP contribution in [0.4, 0.5) is 0 Å². The number of Topliss-reactive ketones (excluding diaryl/α,β-unsaturated/α-hetero) is 1. The monoisotopic (exact) mass is 223 g/mol. The van der Waals surface area contributed by atoms with Gasteiger partial charge in [-0.05, 0) is 50.5 Å². The molecule has 2 heteroatoms. The first-order valence-corrected chi connectivity index (χ1v) is 6.94. The summed E-state index contributed by atoms with van der Waals surface area (Å²) in [6, 6.07) is 0.357. The minimum atomic E-state index is 0.357. The maximum Gasteiger partial charge on any atom is 0.134 e. The van der Waals surface area contributed by atoms with Crippen LogP contribution in [0.2, 0.25) is 0 Å². The van der Waals surface area contributed by atoms with Crippen LogP contribution in [0.15, 0.2) is 0 Å². The third-order valence-corrected chi connectivity index (χ3v) is 4.46. The summed E-state index contributed by atoms with van der Waals surface area (Å²) in [7, 11) is 0. The molecule has 2 fully saturated rings. The van der Waals surface area contributed by atoms with E-state index in [1.54, 1.807) is 0 Å². The fraction of sp³-hybridized carbons (Fsp3) is 0.929. The molecule has 2 saturated carbocycles. The average Bonchev–Trinajstić information content (AvgIpc) is 2.78. The van der Waals surface area contributed by atoms with Crippen molar-refractivity contribution in [2.45, 2.75) is 58.4 Å². The molecular weight excluding hydrogens is 198 g/mol. The molecule has 2 aliphatic rings. The highest BCUT2D eigenvalue weighted by Gasteiger charge is 2.39. The third kappa shape index (κ3) is 2.85. The molecule has 16 heavy (non-hydrogen) atoms. The van der Waals surface area contributed by atoms with Gasteiger partial charge in [-0.15, -0.1) is 0 Å². The number of fused-ring (bicyclic) bond motifs is 2. The molecule has 0 aliphatic heterocycles. The molecular formula is C14H25NO. The van der Waals surface area contributed by atoms with Gasteiger partial charge in [0.25, 0.3) is 0 Å². The summed E-state index contributed by atoms with van der Waals surface area (Å²) in [5.41, 5.74) is 0. The number of nitrogens with one attached hydrogen (secondary N) is 1. The van der Waals surface area contributed by atoms with Gasteiger partial charge in [-0.1, -0.05) is 13.3 Å². The van der Waals surface area contributed by atoms with Crippen LogP contribution in [0.5, 0.6) is 0 Å². The quantitative estimate of drug-likeness (QED) is 0.750. The first kappa shape index (κ1) is 12.1. The van der Waals surface area contributed by atoms with Crippen LogP contribution in [-0.2, 0) is 4.79 Å². The van der Waals surface area contributed by atoms with E-state index < -0.39 is 0 Å². The summed E-state index contributed by atoms with van der Waals surface area (Å²) < 4.78 is 0. The Morgan fingerprint density at radius 3 is 2.75 bits per heavy atom. The Morgan fingerprint density at radius 1 is 1.38 bits per heavy atom. The zero-order chi connectivity index (χ0) is 11.5. The number of carbonyl (C=O) groups is 1. The number of hydrogen-bond acceptors (Lipinski definition) is 2. The van der Waals surface area contributed by atoms with Crippen LogP contribution >= 0.6 is 0 Å². The molecule has 0 radical (unpaired) electrons. The Kier molecular flexibility index (Phi) is 4.01. The summed E-state index contributed by atoms with van der Waals surface area (Å²) >= 11 is 0. The number of carbonyl (C=O) groups excluding carboxylic acids is 1. The lowest BCUT2D eigenvalue weighted by atomic mass is 9.84. The molecule has 2 nitrogen and oxygen atoms in total. The summed E-state index contributed by atoms with van der Waals surface area (Å²) in [5, 5.41) is 3.31. The molecule has 4 unspecified atom stereocenters. The van der Waals surface area contributed by atoms with E-state index in [-0.39, 0.29) is 0 Å². The van der Waals surface area contributed by atoms with Crippen molar-refractivity contribution in [1.82, 2.24) is 5.32 Å². The van der Waals surface area contributed by atoms with E-state index in [1.165, 1.54) is 25.7 Å². The summed E-state index contributed by atoms with van der Waals surface area (Å²) in [4.78, 5) is 11.9. The molecule has 2 bridgehead atoms. The van der Waals surface area contributed by atoms with Gasteiger partial charge >= 0.3 is 0 Å². The molecule has 1 N–H and O–H groups in total. The minimum absolute atomic E-state index is 0.357. The maximum absolute atomic E-state index is 11.9. The Balaban J connectivity index is 1.71. The maximum atomic E-state index is 11.9. The fourth-order valence-electron chi connectivity index (χ4n) is 3.76. The Bertz CT molecular complexity index is 251. The molecule has 0 spiro atoms. The number of ketones is 1. The lowest BCUT2D eigenvalue weighted by Crippen LogP contribution is -2.29. The molecule has 0 heterocycles. The topological polar surface area (TPSA) is 29.1 Å². The van der Waals surface area contributed by atoms with Gasteiger partial charge in [0.1, 0.15) is 5.78 Å². The lowest BCUT2D eigenvalue weighted by molar-refractivity contribution is -0.120. The molecule has 2 rings (SSSR count). The molecule has 0 saturated heterocycles. The van der Waals surface area contributed by atoms with Gasteiger partial charge in [0.15, 0.2) is 0 Å². The SMILES string of the molecule is CCNC(C)CC(=O)CC1CC2CCC1C2. The molecule has 0 aromatic rings. The van der Waals surface area contributed by atoms with E-state index in [9.17, 15) is 4.79 Å². The smallest absolute Gasteiger partial charge is 0.134 e. The number of hydrogen-bond donors (Lipinski definition) is 1. The van der Waals surface area contributed by atoms with Crippen molar-refractivity contribution in [1.29, 1.82) is 0 Å². The van der Waals surface area contributed by atoms with E-state index in [0.717, 1.165) is 37.1 Å². The van der Waals surface area contributed by atoms with Gasteiger partial charge in [-0.25, -0.2) is 0 Å². The van der Waals surface area contributed by atoms with Crippen molar-refractivity contribution < 1.29 is 4.79 Å². The van der Waals surface area contributed by atoms with Gasteiger partial charge in [-0.3, -0.25) is 4.79 Å². The second-order valence-corrected chi connectivity index (χ2v) is 5.84. The van der Waals surface area contributed by atoms with E-state index in [4.69, 9.17) is 0 Å². The summed E-state index contributed by atoms with van der Waals surface area (Å²) in [6.07, 6.45) is 7.17. The zero-order valence-corrected chi connectivity index (χ0v) is 10.7. The van der Waals surface area contributed by atoms with Crippen molar-refractivity contribution in [2.75, 3.05) is 6.54 Å². The van der Waals surface area contributed by atoms with Gasteiger partial charge in [0, 0.05) is 18.9 Å². The second-order valence-electron chi connectivity index (χ2n) is 5.84. The van der Waals surface area contributed by atoms with Crippen molar-refractivity contribution in [2.24, 2.45) is 17.8 Å². The Labute approximate surface area is 99.2 Å². The first-order chi connectivity index (χ1) is 7.69. The van der Waals surface area contributed by atoms with Gasteiger partial charge < -0.3 is 5.32 Å². The predicted molar refractivity (Wildman–Crippen MR) is 66.3 cm³/mol. The fourth-order valence-corrected chi connectivity index (χ4v) is 3.76. The van der Waals surface area contributed by atoms with E-state index in [1.807, 2.05) is 0 Å². The van der Waals surface area contributed by atoms with Crippen molar-refractivity contribution >= 4 is 5.78 Å². The Hall–Kier alpha value is -0.370. The normalized spacial score (nSPS) is 34.2. The number of rotatable bonds is 6. The van der Waals surface area contributed by atoms with Crippen LogP contribution < -0.4 is 5.32 Å². The molecule has 92 valence electrons. The van der Waals surface area contributed by atoms with E-state index >= 15 is 0 Å². The van der Waals surface area contributed by atoms with Gasteiger partial charge in [0.05, 0.1) is 0 Å². The highest BCUT2D eigenvalue weighted by Crippen LogP contribution is 2.49. The van der Waals surface area contributed by atoms with Crippen molar-refractivity contribution in [3.8, 4) is 0 Å². The standard InChI is InChI=1S/C14H25NO/c1-3-15-10(2)6-14(16)9-13-8-11-4-5-12(13)7-11/h10-13,15H,3-9H2,1-2H3. The predicted octanol–water partition coefficient (Wildman–Crippen LogP) is 2.77. The van der Waals surface area contributed by atoms with Gasteiger partial charge in [0.2, 0.25) is 0 Å². The van der Waals surface area contributed by atoms with Gasteiger partial charge in [-0.2, -0.15) is 0 Å². The van der Waals surface area contributed by atoms with Crippen molar-refractivity contribution in [3.05, 3.63) is 0 Å². The van der Waals surface area contributed by atoms with Crippen LogP contribution in [0, 0.1) is 17.8 Å². The third-order valence-electron chi connectivity index (χ3n) is 4.46. The average molecular weight is 223 g/mol. The first-order valence-electron chi connectivity index (χ1n) is 6.94.